The third kappa shape index (κ3) is 9.91. The third-order valence-corrected chi connectivity index (χ3v) is 12.2. The summed E-state index contributed by atoms with van der Waals surface area (Å²) in [6.07, 6.45) is 6.36. The van der Waals surface area contributed by atoms with E-state index >= 15 is 0 Å². The smallest absolute Gasteiger partial charge is 0.431 e. The number of ether oxygens (including phenoxy) is 6. The van der Waals surface area contributed by atoms with Gasteiger partial charge in [-0.15, -0.1) is 11.8 Å². The van der Waals surface area contributed by atoms with Crippen molar-refractivity contribution in [1.82, 2.24) is 10.2 Å². The van der Waals surface area contributed by atoms with E-state index < -0.39 is 67.8 Å². The van der Waals surface area contributed by atoms with Gasteiger partial charge in [0.05, 0.1) is 29.7 Å². The number of aliphatic hydroxyl groups is 1. The van der Waals surface area contributed by atoms with Crippen molar-refractivity contribution >= 4 is 53.5 Å². The summed E-state index contributed by atoms with van der Waals surface area (Å²) in [5.41, 5.74) is 0.526. The van der Waals surface area contributed by atoms with E-state index in [1.54, 1.807) is 12.1 Å². The van der Waals surface area contributed by atoms with Crippen LogP contribution in [0.15, 0.2) is 34.9 Å². The summed E-state index contributed by atoms with van der Waals surface area (Å²) in [7, 11) is 0. The Morgan fingerprint density at radius 1 is 0.891 bits per heavy atom. The van der Waals surface area contributed by atoms with Crippen LogP contribution in [-0.4, -0.2) is 102 Å². The number of nitrogens with zero attached hydrogens (tertiary/aromatic N) is 1. The van der Waals surface area contributed by atoms with Crippen LogP contribution < -0.4 is 10.6 Å². The van der Waals surface area contributed by atoms with Crippen LogP contribution in [0.25, 0.3) is 0 Å². The van der Waals surface area contributed by atoms with E-state index in [0.29, 0.717) is 23.6 Å². The van der Waals surface area contributed by atoms with E-state index in [9.17, 15) is 33.9 Å². The molecule has 17 heteroatoms. The summed E-state index contributed by atoms with van der Waals surface area (Å²) in [6, 6.07) is 5.08. The standard InChI is InChI=1S/C38H49N3O13S/c1-21-30-29(22(2)42)34(44)41(30)31(36(46)50-20-52-38(48)54-26-14-7-4-8-15-26)32(21)55-27-17-28(39-18-27)33(43)40-24-11-9-10-23(16-24)35(45)49-19-51-37(47)53-25-12-5-3-6-13-25/h9-11,16,21-22,25-30,39,42H,3-8,12-15,17-20H2,1-2H3,(H,40,43)/t21-,22-,27+,28+,29-,30-/m1/s1. The Hall–Kier alpha value is -4.35. The van der Waals surface area contributed by atoms with Gasteiger partial charge in [-0.25, -0.2) is 19.2 Å². The summed E-state index contributed by atoms with van der Waals surface area (Å²) in [5.74, 6) is -3.35. The normalized spacial score (nSPS) is 26.0. The van der Waals surface area contributed by atoms with Gasteiger partial charge in [-0.2, -0.15) is 0 Å². The molecule has 0 radical (unpaired) electrons. The molecule has 300 valence electrons. The fourth-order valence-electron chi connectivity index (χ4n) is 7.91. The van der Waals surface area contributed by atoms with Gasteiger partial charge in [0.25, 0.3) is 0 Å². The van der Waals surface area contributed by atoms with Crippen molar-refractivity contribution < 1.29 is 62.3 Å². The Kier molecular flexibility index (Phi) is 13.6. The molecule has 55 heavy (non-hydrogen) atoms. The van der Waals surface area contributed by atoms with E-state index in [0.717, 1.165) is 64.2 Å². The molecule has 0 unspecified atom stereocenters. The third-order valence-electron chi connectivity index (χ3n) is 10.7. The summed E-state index contributed by atoms with van der Waals surface area (Å²) in [6.45, 7) is 2.51. The molecule has 2 saturated carbocycles. The zero-order valence-corrected chi connectivity index (χ0v) is 31.8. The molecule has 3 aliphatic heterocycles. The predicted molar refractivity (Wildman–Crippen MR) is 195 cm³/mol. The molecule has 3 N–H and O–H groups in total. The molecule has 2 aliphatic carbocycles. The van der Waals surface area contributed by atoms with Gasteiger partial charge >= 0.3 is 24.2 Å². The number of β-lactam (4-membered cyclic amide) rings is 1. The monoisotopic (exact) mass is 787 g/mol. The number of fused-ring (bicyclic) bond motifs is 1. The first kappa shape index (κ1) is 40.3. The fraction of sp³-hybridized carbons (Fsp3) is 0.632. The lowest BCUT2D eigenvalue weighted by Gasteiger charge is -2.46. The minimum atomic E-state index is -0.930. The number of carbonyl (C=O) groups excluding carboxylic acids is 6. The van der Waals surface area contributed by atoms with Gasteiger partial charge in [-0.3, -0.25) is 9.59 Å². The summed E-state index contributed by atoms with van der Waals surface area (Å²) in [4.78, 5) is 78.6. The Morgan fingerprint density at radius 2 is 1.49 bits per heavy atom. The largest absolute Gasteiger partial charge is 0.511 e. The second-order valence-corrected chi connectivity index (χ2v) is 16.0. The maximum atomic E-state index is 13.4. The maximum absolute atomic E-state index is 13.4. The molecular weight excluding hydrogens is 738 g/mol. The van der Waals surface area contributed by atoms with E-state index in [4.69, 9.17) is 28.4 Å². The lowest BCUT2D eigenvalue weighted by atomic mass is 9.79. The van der Waals surface area contributed by atoms with Gasteiger partial charge in [-0.05, 0) is 82.9 Å². The predicted octanol–water partition coefficient (Wildman–Crippen LogP) is 4.74. The van der Waals surface area contributed by atoms with Crippen molar-refractivity contribution in [3.63, 3.8) is 0 Å². The number of anilines is 1. The van der Waals surface area contributed by atoms with Gasteiger partial charge in [0.2, 0.25) is 25.4 Å². The molecule has 16 nitrogen and oxygen atoms in total. The number of amides is 2. The van der Waals surface area contributed by atoms with Crippen molar-refractivity contribution in [3.8, 4) is 0 Å². The zero-order chi connectivity index (χ0) is 39.1. The van der Waals surface area contributed by atoms with Gasteiger partial charge in [-0.1, -0.05) is 25.8 Å². The topological polar surface area (TPSA) is 205 Å². The summed E-state index contributed by atoms with van der Waals surface area (Å²) >= 11 is 1.36. The highest BCUT2D eigenvalue weighted by atomic mass is 32.2. The number of aliphatic hydroxyl groups excluding tert-OH is 1. The Labute approximate surface area is 323 Å². The highest BCUT2D eigenvalue weighted by Gasteiger charge is 2.60. The zero-order valence-electron chi connectivity index (χ0n) is 31.0. The van der Waals surface area contributed by atoms with E-state index in [1.807, 2.05) is 6.92 Å². The highest BCUT2D eigenvalue weighted by molar-refractivity contribution is 8.03. The van der Waals surface area contributed by atoms with Crippen LogP contribution in [0.4, 0.5) is 15.3 Å². The molecule has 0 aromatic heterocycles. The molecule has 0 spiro atoms. The molecule has 3 heterocycles. The molecule has 0 bridgehead atoms. The lowest BCUT2D eigenvalue weighted by molar-refractivity contribution is -0.167. The van der Waals surface area contributed by atoms with Crippen molar-refractivity contribution in [1.29, 1.82) is 0 Å². The van der Waals surface area contributed by atoms with Gasteiger partial charge < -0.3 is 49.1 Å². The molecular formula is C38H49N3O13S. The number of esters is 2. The minimum Gasteiger partial charge on any atom is -0.431 e. The van der Waals surface area contributed by atoms with Gasteiger partial charge in [0.15, 0.2) is 0 Å². The number of rotatable bonds is 13. The highest BCUT2D eigenvalue weighted by Crippen LogP contribution is 2.52. The number of carbonyl (C=O) groups is 6. The SMILES string of the molecule is C[C@@H](O)[C@H]1C(=O)N2C(C(=O)OCOC(=O)OC3CCCCC3)=C(S[C@@H]3CN[C@H](C(=O)Nc4cccc(C(=O)OCOC(=O)OC5CCCCC5)c4)C3)[C@H](C)[C@H]12. The van der Waals surface area contributed by atoms with Crippen molar-refractivity contribution in [2.24, 2.45) is 11.8 Å². The number of hydrogen-bond acceptors (Lipinski definition) is 15. The van der Waals surface area contributed by atoms with E-state index in [-0.39, 0.29) is 40.5 Å². The maximum Gasteiger partial charge on any atom is 0.511 e. The molecule has 1 aromatic rings. The Bertz CT molecular complexity index is 1640. The van der Waals surface area contributed by atoms with Crippen LogP contribution in [0.1, 0.15) is 94.8 Å². The van der Waals surface area contributed by atoms with Crippen LogP contribution in [0.5, 0.6) is 0 Å². The number of benzene rings is 1. The molecule has 2 saturated heterocycles. The van der Waals surface area contributed by atoms with Gasteiger partial charge in [0, 0.05) is 28.3 Å². The summed E-state index contributed by atoms with van der Waals surface area (Å²) in [5, 5.41) is 16.2. The van der Waals surface area contributed by atoms with Crippen LogP contribution in [0, 0.1) is 11.8 Å². The average Bonchev–Trinajstić information content (AvgIpc) is 3.73. The lowest BCUT2D eigenvalue weighted by Crippen LogP contribution is -2.63. The van der Waals surface area contributed by atoms with Crippen molar-refractivity contribution in [2.75, 3.05) is 25.4 Å². The molecule has 5 aliphatic rings. The first-order chi connectivity index (χ1) is 26.5. The Morgan fingerprint density at radius 3 is 2.09 bits per heavy atom. The average molecular weight is 788 g/mol. The van der Waals surface area contributed by atoms with Crippen LogP contribution >= 0.6 is 11.8 Å². The molecule has 2 amide bonds. The van der Waals surface area contributed by atoms with Crippen LogP contribution in [0.3, 0.4) is 0 Å². The van der Waals surface area contributed by atoms with Crippen molar-refractivity contribution in [3.05, 3.63) is 40.4 Å². The number of nitrogens with one attached hydrogen (secondary N) is 2. The van der Waals surface area contributed by atoms with Crippen LogP contribution in [-0.2, 0) is 42.8 Å². The summed E-state index contributed by atoms with van der Waals surface area (Å²) < 4.78 is 30.9. The first-order valence-electron chi connectivity index (χ1n) is 19.1. The molecule has 1 aromatic carbocycles. The number of hydrogen-bond donors (Lipinski definition) is 3. The minimum absolute atomic E-state index is 0.0387. The second kappa shape index (κ2) is 18.5. The molecule has 6 atom stereocenters. The second-order valence-electron chi connectivity index (χ2n) is 14.6. The van der Waals surface area contributed by atoms with Crippen molar-refractivity contribution in [2.45, 2.75) is 120 Å². The molecule has 6 rings (SSSR count). The van der Waals surface area contributed by atoms with Crippen LogP contribution in [0.2, 0.25) is 0 Å². The number of thioether (sulfide) groups is 1. The van der Waals surface area contributed by atoms with E-state index in [1.165, 1.54) is 35.7 Å². The molecule has 4 fully saturated rings. The first-order valence-corrected chi connectivity index (χ1v) is 20.0. The van der Waals surface area contributed by atoms with Gasteiger partial charge in [0.1, 0.15) is 17.9 Å². The quantitative estimate of drug-likeness (QED) is 0.107. The van der Waals surface area contributed by atoms with E-state index in [2.05, 4.69) is 10.6 Å². The Balaban J connectivity index is 1.01. The fourth-order valence-corrected chi connectivity index (χ4v) is 9.39.